The van der Waals surface area contributed by atoms with Crippen molar-refractivity contribution in [2.45, 2.75) is 12.5 Å². The molecular weight excluding hydrogens is 396 g/mol. The van der Waals surface area contributed by atoms with Gasteiger partial charge in [-0.2, -0.15) is 0 Å². The Morgan fingerprint density at radius 3 is 2.55 bits per heavy atom. The molecule has 1 N–H and O–H groups in total. The second kappa shape index (κ2) is 8.43. The lowest BCUT2D eigenvalue weighted by molar-refractivity contribution is -0.858. The largest absolute Gasteiger partial charge is 0.497 e. The first-order chi connectivity index (χ1) is 15.0. The zero-order valence-electron chi connectivity index (χ0n) is 18.2. The molecule has 7 heteroatoms. The number of nitrogens with zero attached hydrogens (tertiary/aromatic N) is 1. The Balaban J connectivity index is 1.93. The molecule has 2 aromatic carbocycles. The highest BCUT2D eigenvalue weighted by Gasteiger charge is 2.43. The summed E-state index contributed by atoms with van der Waals surface area (Å²) in [5, 5.41) is 0.459. The molecule has 1 aromatic heterocycles. The number of hydrogen-bond acceptors (Lipinski definition) is 5. The van der Waals surface area contributed by atoms with Crippen molar-refractivity contribution in [1.82, 2.24) is 4.90 Å². The van der Waals surface area contributed by atoms with E-state index in [-0.39, 0.29) is 17.1 Å². The van der Waals surface area contributed by atoms with Gasteiger partial charge in [-0.05, 0) is 30.3 Å². The van der Waals surface area contributed by atoms with Crippen molar-refractivity contribution in [3.8, 4) is 11.5 Å². The predicted molar refractivity (Wildman–Crippen MR) is 117 cm³/mol. The maximum atomic E-state index is 13.5. The van der Waals surface area contributed by atoms with E-state index in [1.807, 2.05) is 6.07 Å². The number of amides is 1. The van der Waals surface area contributed by atoms with Gasteiger partial charge in [0.15, 0.2) is 5.43 Å². The van der Waals surface area contributed by atoms with E-state index in [1.54, 1.807) is 55.5 Å². The van der Waals surface area contributed by atoms with Gasteiger partial charge in [0.25, 0.3) is 5.91 Å². The second-order valence-electron chi connectivity index (χ2n) is 7.99. The molecule has 7 nitrogen and oxygen atoms in total. The van der Waals surface area contributed by atoms with E-state index in [9.17, 15) is 9.59 Å². The molecule has 1 aliphatic rings. The van der Waals surface area contributed by atoms with Crippen LogP contribution in [0.1, 0.15) is 34.1 Å². The van der Waals surface area contributed by atoms with Gasteiger partial charge in [-0.3, -0.25) is 9.59 Å². The number of ether oxygens (including phenoxy) is 2. The third kappa shape index (κ3) is 3.65. The minimum Gasteiger partial charge on any atom is -0.497 e. The Morgan fingerprint density at radius 2 is 1.84 bits per heavy atom. The number of methoxy groups -OCH3 is 2. The van der Waals surface area contributed by atoms with Gasteiger partial charge in [0, 0.05) is 18.5 Å². The minimum atomic E-state index is -0.606. The fourth-order valence-corrected chi connectivity index (χ4v) is 4.18. The highest BCUT2D eigenvalue weighted by molar-refractivity contribution is 5.99. The molecule has 0 aliphatic carbocycles. The minimum absolute atomic E-state index is 0.107. The molecule has 0 saturated carbocycles. The van der Waals surface area contributed by atoms with Gasteiger partial charge in [-0.15, -0.1) is 0 Å². The van der Waals surface area contributed by atoms with Gasteiger partial charge >= 0.3 is 0 Å². The summed E-state index contributed by atoms with van der Waals surface area (Å²) in [4.78, 5) is 29.9. The first-order valence-electron chi connectivity index (χ1n) is 10.3. The molecule has 0 fully saturated rings. The van der Waals surface area contributed by atoms with Crippen LogP contribution in [-0.4, -0.2) is 52.2 Å². The number of nitrogens with one attached hydrogen (secondary N) is 1. The zero-order valence-corrected chi connectivity index (χ0v) is 18.2. The summed E-state index contributed by atoms with van der Waals surface area (Å²) in [6.45, 7) is 1.39. The van der Waals surface area contributed by atoms with E-state index < -0.39 is 6.04 Å². The second-order valence-corrected chi connectivity index (χ2v) is 7.99. The Labute approximate surface area is 180 Å². The highest BCUT2D eigenvalue weighted by atomic mass is 16.5. The van der Waals surface area contributed by atoms with E-state index in [0.29, 0.717) is 40.1 Å². The average molecular weight is 423 g/mol. The van der Waals surface area contributed by atoms with Gasteiger partial charge in [0.05, 0.1) is 51.9 Å². The van der Waals surface area contributed by atoms with E-state index in [4.69, 9.17) is 13.9 Å². The summed E-state index contributed by atoms with van der Waals surface area (Å²) < 4.78 is 17.0. The topological polar surface area (TPSA) is 73.4 Å². The molecule has 31 heavy (non-hydrogen) atoms. The first kappa shape index (κ1) is 20.9. The molecular formula is C24H27N2O5+. The number of benzene rings is 2. The monoisotopic (exact) mass is 423 g/mol. The van der Waals surface area contributed by atoms with Crippen molar-refractivity contribution < 1.29 is 23.6 Å². The van der Waals surface area contributed by atoms with Crippen molar-refractivity contribution in [3.63, 3.8) is 0 Å². The van der Waals surface area contributed by atoms with Crippen LogP contribution < -0.4 is 19.8 Å². The lowest BCUT2D eigenvalue weighted by atomic mass is 9.97. The molecule has 0 saturated heterocycles. The summed E-state index contributed by atoms with van der Waals surface area (Å²) in [6, 6.07) is 11.8. The van der Waals surface area contributed by atoms with Crippen LogP contribution in [0.3, 0.4) is 0 Å². The van der Waals surface area contributed by atoms with Crippen molar-refractivity contribution in [2.75, 3.05) is 41.4 Å². The van der Waals surface area contributed by atoms with Crippen LogP contribution in [0.25, 0.3) is 11.0 Å². The quantitative estimate of drug-likeness (QED) is 0.628. The number of fused-ring (bicyclic) bond motifs is 2. The Morgan fingerprint density at radius 1 is 1.06 bits per heavy atom. The smallest absolute Gasteiger partial charge is 0.290 e. The number of carbonyl (C=O) groups is 1. The van der Waals surface area contributed by atoms with Crippen LogP contribution in [0, 0.1) is 0 Å². The fourth-order valence-electron chi connectivity index (χ4n) is 4.18. The van der Waals surface area contributed by atoms with E-state index >= 15 is 0 Å². The van der Waals surface area contributed by atoms with Crippen molar-refractivity contribution in [2.24, 2.45) is 0 Å². The Hall–Kier alpha value is -3.32. The van der Waals surface area contributed by atoms with Crippen LogP contribution in [0.15, 0.2) is 51.7 Å². The Kier molecular flexibility index (Phi) is 5.69. The molecule has 0 bridgehead atoms. The summed E-state index contributed by atoms with van der Waals surface area (Å²) >= 11 is 0. The SMILES string of the molecule is COc1ccc(OC)c([C@@H]2c3c(oc4ccccc4c3=O)C(=O)N2CCC[NH+](C)C)c1. The molecule has 3 aromatic rings. The van der Waals surface area contributed by atoms with Crippen molar-refractivity contribution in [1.29, 1.82) is 0 Å². The third-order valence-electron chi connectivity index (χ3n) is 5.68. The lowest BCUT2D eigenvalue weighted by Crippen LogP contribution is -3.05. The number of carbonyl (C=O) groups excluding carboxylic acids is 1. The van der Waals surface area contributed by atoms with Gasteiger partial charge in [-0.1, -0.05) is 12.1 Å². The fraction of sp³-hybridized carbons (Fsp3) is 0.333. The summed E-state index contributed by atoms with van der Waals surface area (Å²) in [6.07, 6.45) is 0.790. The van der Waals surface area contributed by atoms with Crippen molar-refractivity contribution in [3.05, 3.63) is 69.6 Å². The van der Waals surface area contributed by atoms with Gasteiger partial charge in [0.1, 0.15) is 17.1 Å². The van der Waals surface area contributed by atoms with Crippen LogP contribution in [0.2, 0.25) is 0 Å². The van der Waals surface area contributed by atoms with Gasteiger partial charge in [0.2, 0.25) is 5.76 Å². The number of rotatable bonds is 7. The van der Waals surface area contributed by atoms with Crippen LogP contribution in [0.4, 0.5) is 0 Å². The predicted octanol–water partition coefficient (Wildman–Crippen LogP) is 1.89. The molecule has 0 radical (unpaired) electrons. The molecule has 4 rings (SSSR count). The molecule has 162 valence electrons. The first-order valence-corrected chi connectivity index (χ1v) is 10.3. The highest BCUT2D eigenvalue weighted by Crippen LogP contribution is 2.42. The molecule has 0 spiro atoms. The number of para-hydroxylation sites is 1. The Bertz CT molecular complexity index is 1180. The molecule has 0 unspecified atom stereocenters. The summed E-state index contributed by atoms with van der Waals surface area (Å²) in [7, 11) is 7.30. The van der Waals surface area contributed by atoms with Gasteiger partial charge < -0.3 is 23.7 Å². The summed E-state index contributed by atoms with van der Waals surface area (Å²) in [5.41, 5.74) is 1.28. The van der Waals surface area contributed by atoms with E-state index in [1.165, 1.54) is 4.90 Å². The average Bonchev–Trinajstić information content (AvgIpc) is 3.05. The molecule has 1 amide bonds. The standard InChI is InChI=1S/C24H26N2O5/c1-25(2)12-7-13-26-21(17-14-15(29-3)10-11-18(17)30-4)20-22(27)16-8-5-6-9-19(16)31-23(20)24(26)28/h5-6,8-11,14,21H,7,12-13H2,1-4H3/p+1/t21-/m1/s1. The molecule has 1 aliphatic heterocycles. The van der Waals surface area contributed by atoms with Crippen molar-refractivity contribution >= 4 is 16.9 Å². The lowest BCUT2D eigenvalue weighted by Gasteiger charge is -2.26. The van der Waals surface area contributed by atoms with Crippen LogP contribution in [-0.2, 0) is 0 Å². The molecule has 2 heterocycles. The van der Waals surface area contributed by atoms with Crippen LogP contribution in [0.5, 0.6) is 11.5 Å². The third-order valence-corrected chi connectivity index (χ3v) is 5.68. The number of quaternary nitrogens is 1. The zero-order chi connectivity index (χ0) is 22.1. The maximum absolute atomic E-state index is 13.5. The molecule has 1 atom stereocenters. The van der Waals surface area contributed by atoms with E-state index in [0.717, 1.165) is 13.0 Å². The van der Waals surface area contributed by atoms with Crippen LogP contribution >= 0.6 is 0 Å². The summed E-state index contributed by atoms with van der Waals surface area (Å²) in [5.74, 6) is 1.04. The normalized spacial score (nSPS) is 15.6. The number of hydrogen-bond donors (Lipinski definition) is 1. The van der Waals surface area contributed by atoms with E-state index in [2.05, 4.69) is 14.1 Å². The maximum Gasteiger partial charge on any atom is 0.290 e. The van der Waals surface area contributed by atoms with Gasteiger partial charge in [-0.25, -0.2) is 0 Å².